The number of alkyl halides is 3. The van der Waals surface area contributed by atoms with Gasteiger partial charge in [-0.25, -0.2) is 9.37 Å². The zero-order chi connectivity index (χ0) is 24.1. The number of methoxy groups -OCH3 is 1. The van der Waals surface area contributed by atoms with E-state index in [1.54, 1.807) is 30.3 Å². The van der Waals surface area contributed by atoms with E-state index in [1.165, 1.54) is 25.4 Å². The van der Waals surface area contributed by atoms with Crippen LogP contribution in [0.2, 0.25) is 0 Å². The first kappa shape index (κ1) is 22.9. The minimum atomic E-state index is -4.58. The van der Waals surface area contributed by atoms with Gasteiger partial charge in [-0.05, 0) is 55.2 Å². The molecule has 1 spiro atoms. The van der Waals surface area contributed by atoms with Gasteiger partial charge < -0.3 is 15.2 Å². The van der Waals surface area contributed by atoms with Crippen LogP contribution in [0.1, 0.15) is 48.0 Å². The summed E-state index contributed by atoms with van der Waals surface area (Å²) in [4.78, 5) is 3.49. The second-order valence-corrected chi connectivity index (χ2v) is 9.05. The van der Waals surface area contributed by atoms with Crippen molar-refractivity contribution in [3.05, 3.63) is 77.6 Å². The van der Waals surface area contributed by atoms with E-state index in [4.69, 9.17) is 15.2 Å². The number of nitrogens with zero attached hydrogens (tertiary/aromatic N) is 2. The van der Waals surface area contributed by atoms with E-state index >= 15 is 0 Å². The molecule has 0 radical (unpaired) electrons. The van der Waals surface area contributed by atoms with Crippen LogP contribution in [0.25, 0.3) is 5.69 Å². The highest BCUT2D eigenvalue weighted by Gasteiger charge is 2.53. The second kappa shape index (κ2) is 8.39. The molecule has 2 fully saturated rings. The van der Waals surface area contributed by atoms with E-state index in [0.29, 0.717) is 24.5 Å². The number of ether oxygens (including phenoxy) is 2. The number of hydrogen-bond acceptors (Lipinski definition) is 4. The maximum absolute atomic E-state index is 13.5. The fourth-order valence-corrected chi connectivity index (χ4v) is 5.65. The Morgan fingerprint density at radius 3 is 2.65 bits per heavy atom. The highest BCUT2D eigenvalue weighted by atomic mass is 19.4. The first-order chi connectivity index (χ1) is 16.2. The number of imidazole rings is 1. The average Bonchev–Trinajstić information content (AvgIpc) is 3.54. The summed E-state index contributed by atoms with van der Waals surface area (Å²) in [6, 6.07) is 11.2. The number of halogens is 4. The fraction of sp³-hybridized carbons (Fsp3) is 0.400. The smallest absolute Gasteiger partial charge is 0.450 e. The summed E-state index contributed by atoms with van der Waals surface area (Å²) in [5.74, 6) is -0.905. The number of nitrogens with two attached hydrogens (primary N) is 1. The molecule has 2 aliphatic rings. The van der Waals surface area contributed by atoms with E-state index in [2.05, 4.69) is 4.98 Å². The Morgan fingerprint density at radius 2 is 1.94 bits per heavy atom. The summed E-state index contributed by atoms with van der Waals surface area (Å²) >= 11 is 0. The van der Waals surface area contributed by atoms with Crippen molar-refractivity contribution in [2.24, 2.45) is 5.73 Å². The Balaban J connectivity index is 1.49. The SMILES string of the molecule is COc1ccc(-n2ccnc2C(F)(F)F)cc1[C@H]1CO[C@]2(CC[C@H](N)[C@@H]2c2ccc(F)cc2)C1. The largest absolute Gasteiger partial charge is 0.496 e. The number of benzene rings is 2. The van der Waals surface area contributed by atoms with Gasteiger partial charge in [0.05, 0.1) is 19.3 Å². The first-order valence-electron chi connectivity index (χ1n) is 11.2. The highest BCUT2D eigenvalue weighted by Crippen LogP contribution is 2.54. The van der Waals surface area contributed by atoms with E-state index in [1.807, 2.05) is 0 Å². The van der Waals surface area contributed by atoms with Gasteiger partial charge in [-0.1, -0.05) is 12.1 Å². The lowest BCUT2D eigenvalue weighted by Crippen LogP contribution is -2.37. The van der Waals surface area contributed by atoms with E-state index in [0.717, 1.165) is 34.7 Å². The number of hydrogen-bond donors (Lipinski definition) is 1. The topological polar surface area (TPSA) is 62.3 Å². The molecule has 5 rings (SSSR count). The van der Waals surface area contributed by atoms with Crippen molar-refractivity contribution in [3.63, 3.8) is 0 Å². The maximum atomic E-state index is 13.5. The summed E-state index contributed by atoms with van der Waals surface area (Å²) < 4.78 is 66.8. The van der Waals surface area contributed by atoms with Gasteiger partial charge in [0.15, 0.2) is 0 Å². The summed E-state index contributed by atoms with van der Waals surface area (Å²) in [7, 11) is 1.54. The number of rotatable bonds is 4. The summed E-state index contributed by atoms with van der Waals surface area (Å²) in [6.45, 7) is 0.389. The number of aromatic nitrogens is 2. The van der Waals surface area contributed by atoms with Crippen LogP contribution in [0.15, 0.2) is 54.9 Å². The fourth-order valence-electron chi connectivity index (χ4n) is 5.65. The molecule has 9 heteroatoms. The molecule has 0 amide bonds. The predicted octanol–water partition coefficient (Wildman–Crippen LogP) is 5.19. The predicted molar refractivity (Wildman–Crippen MR) is 118 cm³/mol. The molecule has 2 heterocycles. The molecule has 1 saturated heterocycles. The van der Waals surface area contributed by atoms with E-state index in [-0.39, 0.29) is 23.7 Å². The van der Waals surface area contributed by atoms with Gasteiger partial charge in [0, 0.05) is 41.5 Å². The van der Waals surface area contributed by atoms with Crippen molar-refractivity contribution >= 4 is 0 Å². The van der Waals surface area contributed by atoms with Crippen molar-refractivity contribution in [3.8, 4) is 11.4 Å². The van der Waals surface area contributed by atoms with Crippen LogP contribution >= 0.6 is 0 Å². The van der Waals surface area contributed by atoms with Crippen LogP contribution in [0.5, 0.6) is 5.75 Å². The molecule has 1 aliphatic heterocycles. The normalized spacial score (nSPS) is 26.9. The van der Waals surface area contributed by atoms with E-state index in [9.17, 15) is 17.6 Å². The molecule has 3 aromatic rings. The molecule has 4 atom stereocenters. The molecule has 180 valence electrons. The highest BCUT2D eigenvalue weighted by molar-refractivity contribution is 5.48. The second-order valence-electron chi connectivity index (χ2n) is 9.05. The molecule has 1 saturated carbocycles. The minimum absolute atomic E-state index is 0.0963. The van der Waals surface area contributed by atoms with Crippen molar-refractivity contribution in [1.29, 1.82) is 0 Å². The molecule has 0 bridgehead atoms. The van der Waals surface area contributed by atoms with Gasteiger partial charge in [0.25, 0.3) is 0 Å². The third-order valence-corrected chi connectivity index (χ3v) is 7.11. The van der Waals surface area contributed by atoms with Gasteiger partial charge in [0.2, 0.25) is 5.82 Å². The summed E-state index contributed by atoms with van der Waals surface area (Å²) in [6.07, 6.45) is 0.0185. The Hall–Kier alpha value is -2.91. The quantitative estimate of drug-likeness (QED) is 0.528. The van der Waals surface area contributed by atoms with Gasteiger partial charge in [0.1, 0.15) is 11.6 Å². The van der Waals surface area contributed by atoms with Crippen LogP contribution < -0.4 is 10.5 Å². The lowest BCUT2D eigenvalue weighted by Gasteiger charge is -2.33. The van der Waals surface area contributed by atoms with Crippen molar-refractivity contribution < 1.29 is 27.0 Å². The summed E-state index contributed by atoms with van der Waals surface area (Å²) in [5.41, 5.74) is 8.01. The van der Waals surface area contributed by atoms with E-state index < -0.39 is 17.6 Å². The molecule has 2 aromatic carbocycles. The molecule has 1 aromatic heterocycles. The van der Waals surface area contributed by atoms with Gasteiger partial charge in [-0.2, -0.15) is 13.2 Å². The zero-order valence-corrected chi connectivity index (χ0v) is 18.6. The Morgan fingerprint density at radius 1 is 1.18 bits per heavy atom. The van der Waals surface area contributed by atoms with Crippen molar-refractivity contribution in [1.82, 2.24) is 9.55 Å². The minimum Gasteiger partial charge on any atom is -0.496 e. The van der Waals surface area contributed by atoms with Crippen LogP contribution in [0, 0.1) is 5.82 Å². The van der Waals surface area contributed by atoms with Gasteiger partial charge in [-0.3, -0.25) is 4.57 Å². The van der Waals surface area contributed by atoms with Crippen LogP contribution in [0.4, 0.5) is 17.6 Å². The standard InChI is InChI=1S/C25H25F4N3O2/c1-33-21-7-6-18(32-11-10-31-23(32)25(27,28)29)12-19(21)16-13-24(34-14-16)9-8-20(30)22(24)15-2-4-17(26)5-3-15/h2-7,10-12,16,20,22H,8-9,13-14,30H2,1H3/t16-,20+,22+,24-/m1/s1. The third-order valence-electron chi connectivity index (χ3n) is 7.11. The van der Waals surface area contributed by atoms with Crippen LogP contribution in [0.3, 0.4) is 0 Å². The Bertz CT molecular complexity index is 1180. The van der Waals surface area contributed by atoms with Crippen LogP contribution in [-0.4, -0.2) is 34.9 Å². The molecular weight excluding hydrogens is 450 g/mol. The first-order valence-corrected chi connectivity index (χ1v) is 11.2. The lowest BCUT2D eigenvalue weighted by atomic mass is 9.78. The monoisotopic (exact) mass is 475 g/mol. The van der Waals surface area contributed by atoms with Crippen molar-refractivity contribution in [2.45, 2.75) is 48.9 Å². The van der Waals surface area contributed by atoms with Gasteiger partial charge >= 0.3 is 6.18 Å². The van der Waals surface area contributed by atoms with Gasteiger partial charge in [-0.15, -0.1) is 0 Å². The molecule has 0 unspecified atom stereocenters. The van der Waals surface area contributed by atoms with Crippen LogP contribution in [-0.2, 0) is 10.9 Å². The Labute approximate surface area is 194 Å². The molecule has 1 aliphatic carbocycles. The maximum Gasteiger partial charge on any atom is 0.450 e. The third kappa shape index (κ3) is 3.86. The molecular formula is C25H25F4N3O2. The van der Waals surface area contributed by atoms with Crippen molar-refractivity contribution in [2.75, 3.05) is 13.7 Å². The molecule has 34 heavy (non-hydrogen) atoms. The average molecular weight is 475 g/mol. The zero-order valence-electron chi connectivity index (χ0n) is 18.6. The molecule has 2 N–H and O–H groups in total. The molecule has 5 nitrogen and oxygen atoms in total. The summed E-state index contributed by atoms with van der Waals surface area (Å²) in [5, 5.41) is 0. The Kier molecular flexibility index (Phi) is 5.64. The lowest BCUT2D eigenvalue weighted by molar-refractivity contribution is -0.145.